The molecule has 2 aromatic rings. The van der Waals surface area contributed by atoms with E-state index in [0.29, 0.717) is 24.7 Å². The van der Waals surface area contributed by atoms with Crippen LogP contribution in [0.15, 0.2) is 36.4 Å². The Balaban J connectivity index is 1.52. The number of benzene rings is 2. The molecule has 2 aromatic carbocycles. The second kappa shape index (κ2) is 9.76. The summed E-state index contributed by atoms with van der Waals surface area (Å²) in [5, 5.41) is 2.55. The van der Waals surface area contributed by atoms with E-state index in [1.54, 1.807) is 11.9 Å². The number of methoxy groups -OCH3 is 1. The van der Waals surface area contributed by atoms with Gasteiger partial charge in [-0.2, -0.15) is 0 Å². The largest absolute Gasteiger partial charge is 0.490 e. The first-order valence-corrected chi connectivity index (χ1v) is 10.8. The quantitative estimate of drug-likeness (QED) is 0.685. The summed E-state index contributed by atoms with van der Waals surface area (Å²) < 4.78 is 43.5. The van der Waals surface area contributed by atoms with Crippen molar-refractivity contribution in [2.45, 2.75) is 37.5 Å². The highest BCUT2D eigenvalue weighted by atomic mass is 19.1. The number of rotatable bonds is 4. The van der Waals surface area contributed by atoms with Gasteiger partial charge in [0.05, 0.1) is 31.2 Å². The first-order chi connectivity index (χ1) is 16.2. The van der Waals surface area contributed by atoms with Gasteiger partial charge in [0, 0.05) is 24.4 Å². The van der Waals surface area contributed by atoms with Gasteiger partial charge in [0.1, 0.15) is 30.1 Å². The number of carbonyl (C=O) groups is 3. The Morgan fingerprint density at radius 1 is 1.15 bits per heavy atom. The fourth-order valence-corrected chi connectivity index (χ4v) is 4.26. The second-order valence-electron chi connectivity index (χ2n) is 8.27. The van der Waals surface area contributed by atoms with Crippen LogP contribution >= 0.6 is 0 Å². The second-order valence-corrected chi connectivity index (χ2v) is 8.27. The highest BCUT2D eigenvalue weighted by Gasteiger charge is 2.39. The maximum absolute atomic E-state index is 13.5. The summed E-state index contributed by atoms with van der Waals surface area (Å²) in [5.74, 6) is -2.83. The first kappa shape index (κ1) is 23.6. The number of likely N-dealkylation sites (N-methyl/N-ethyl adjacent to an activating group) is 1. The SMILES string of the molecule is COC(=O)C[C@@H]1CC[C@@H]2[C@H](COc3ccc(NC(=O)c4cc(F)cc(F)c4)cc3C(=O)N2C)O1. The summed E-state index contributed by atoms with van der Waals surface area (Å²) in [7, 11) is 2.99. The minimum atomic E-state index is -0.869. The fourth-order valence-electron chi connectivity index (χ4n) is 4.26. The molecule has 1 saturated heterocycles. The molecule has 1 N–H and O–H groups in total. The van der Waals surface area contributed by atoms with Gasteiger partial charge in [-0.3, -0.25) is 14.4 Å². The number of nitrogens with zero attached hydrogens (tertiary/aromatic N) is 1. The van der Waals surface area contributed by atoms with Crippen LogP contribution in [0.4, 0.5) is 14.5 Å². The molecule has 2 heterocycles. The lowest BCUT2D eigenvalue weighted by atomic mass is 9.94. The van der Waals surface area contributed by atoms with E-state index in [1.165, 1.54) is 25.3 Å². The maximum Gasteiger partial charge on any atom is 0.308 e. The van der Waals surface area contributed by atoms with Crippen molar-refractivity contribution >= 4 is 23.5 Å². The first-order valence-electron chi connectivity index (χ1n) is 10.8. The fraction of sp³-hybridized carbons (Fsp3) is 0.375. The highest BCUT2D eigenvalue weighted by molar-refractivity contribution is 6.05. The van der Waals surface area contributed by atoms with Crippen molar-refractivity contribution in [3.05, 3.63) is 59.2 Å². The standard InChI is InChI=1S/C24H24F2N2O6/c1-28-19-5-4-17(11-22(29)32-2)34-21(19)12-33-20-6-3-16(10-18(20)24(28)31)27-23(30)13-7-14(25)9-15(26)8-13/h3,6-10,17,19,21H,4-5,11-12H2,1-2H3,(H,27,30)/t17-,19+,21-/m0/s1. The predicted octanol–water partition coefficient (Wildman–Crippen LogP) is 3.16. The minimum absolute atomic E-state index is 0.131. The van der Waals surface area contributed by atoms with E-state index in [9.17, 15) is 23.2 Å². The lowest BCUT2D eigenvalue weighted by Gasteiger charge is -2.42. The lowest BCUT2D eigenvalue weighted by Crippen LogP contribution is -2.53. The maximum atomic E-state index is 13.5. The monoisotopic (exact) mass is 474 g/mol. The number of carbonyl (C=O) groups excluding carboxylic acids is 3. The van der Waals surface area contributed by atoms with E-state index >= 15 is 0 Å². The number of anilines is 1. The third-order valence-electron chi connectivity index (χ3n) is 6.02. The molecule has 8 nitrogen and oxygen atoms in total. The molecule has 0 radical (unpaired) electrons. The van der Waals surface area contributed by atoms with Crippen molar-refractivity contribution in [1.29, 1.82) is 0 Å². The van der Waals surface area contributed by atoms with Crippen LogP contribution in [-0.4, -0.2) is 61.7 Å². The Bertz CT molecular complexity index is 1100. The number of fused-ring (bicyclic) bond motifs is 2. The Labute approximate surface area is 194 Å². The minimum Gasteiger partial charge on any atom is -0.490 e. The molecule has 1 fully saturated rings. The van der Waals surface area contributed by atoms with Gasteiger partial charge in [-0.25, -0.2) is 8.78 Å². The molecule has 0 aromatic heterocycles. The summed E-state index contributed by atoms with van der Waals surface area (Å²) in [5.41, 5.74) is 0.322. The Morgan fingerprint density at radius 2 is 1.88 bits per heavy atom. The van der Waals surface area contributed by atoms with Crippen molar-refractivity contribution in [1.82, 2.24) is 4.90 Å². The van der Waals surface area contributed by atoms with Crippen molar-refractivity contribution in [2.75, 3.05) is 26.1 Å². The summed E-state index contributed by atoms with van der Waals surface area (Å²) in [4.78, 5) is 38.9. The topological polar surface area (TPSA) is 94.2 Å². The summed E-state index contributed by atoms with van der Waals surface area (Å²) in [6.45, 7) is 0.168. The van der Waals surface area contributed by atoms with Crippen LogP contribution in [0.3, 0.4) is 0 Å². The van der Waals surface area contributed by atoms with E-state index < -0.39 is 23.6 Å². The van der Waals surface area contributed by atoms with Gasteiger partial charge < -0.3 is 24.4 Å². The van der Waals surface area contributed by atoms with Crippen LogP contribution in [-0.2, 0) is 14.3 Å². The predicted molar refractivity (Wildman–Crippen MR) is 117 cm³/mol. The van der Waals surface area contributed by atoms with Crippen LogP contribution in [0.2, 0.25) is 0 Å². The molecule has 4 rings (SSSR count). The van der Waals surface area contributed by atoms with E-state index in [2.05, 4.69) is 5.32 Å². The molecule has 2 aliphatic rings. The zero-order chi connectivity index (χ0) is 24.4. The Hall–Kier alpha value is -3.53. The van der Waals surface area contributed by atoms with Crippen LogP contribution in [0.1, 0.15) is 40.0 Å². The number of esters is 1. The zero-order valence-corrected chi connectivity index (χ0v) is 18.7. The summed E-state index contributed by atoms with van der Waals surface area (Å²) >= 11 is 0. The average Bonchev–Trinajstić information content (AvgIpc) is 2.81. The summed E-state index contributed by atoms with van der Waals surface area (Å²) in [6, 6.07) is 6.79. The molecule has 2 aliphatic heterocycles. The molecule has 3 atom stereocenters. The molecule has 2 amide bonds. The van der Waals surface area contributed by atoms with Crippen molar-refractivity contribution in [3.8, 4) is 5.75 Å². The van der Waals surface area contributed by atoms with Crippen molar-refractivity contribution < 1.29 is 37.4 Å². The van der Waals surface area contributed by atoms with Crippen LogP contribution < -0.4 is 10.1 Å². The van der Waals surface area contributed by atoms with Gasteiger partial charge in [-0.05, 0) is 43.2 Å². The van der Waals surface area contributed by atoms with Gasteiger partial charge in [0.2, 0.25) is 0 Å². The smallest absolute Gasteiger partial charge is 0.308 e. The van der Waals surface area contributed by atoms with Gasteiger partial charge in [-0.1, -0.05) is 0 Å². The van der Waals surface area contributed by atoms with Gasteiger partial charge in [0.25, 0.3) is 11.8 Å². The number of amides is 2. The van der Waals surface area contributed by atoms with Crippen LogP contribution in [0.5, 0.6) is 5.75 Å². The number of halogens is 2. The van der Waals surface area contributed by atoms with E-state index in [-0.39, 0.29) is 53.9 Å². The third-order valence-corrected chi connectivity index (χ3v) is 6.02. The molecule has 0 spiro atoms. The van der Waals surface area contributed by atoms with Gasteiger partial charge in [0.15, 0.2) is 0 Å². The van der Waals surface area contributed by atoms with E-state index in [0.717, 1.165) is 12.1 Å². The van der Waals surface area contributed by atoms with Gasteiger partial charge in [-0.15, -0.1) is 0 Å². The molecule has 0 unspecified atom stereocenters. The average molecular weight is 474 g/mol. The molecule has 0 bridgehead atoms. The third kappa shape index (κ3) is 5.01. The molecular weight excluding hydrogens is 450 g/mol. The molecule has 180 valence electrons. The number of hydrogen-bond acceptors (Lipinski definition) is 6. The van der Waals surface area contributed by atoms with Gasteiger partial charge >= 0.3 is 5.97 Å². The highest BCUT2D eigenvalue weighted by Crippen LogP contribution is 2.32. The van der Waals surface area contributed by atoms with Crippen LogP contribution in [0.25, 0.3) is 0 Å². The van der Waals surface area contributed by atoms with E-state index in [1.807, 2.05) is 0 Å². The Kier molecular flexibility index (Phi) is 6.78. The zero-order valence-electron chi connectivity index (χ0n) is 18.7. The number of hydrogen-bond donors (Lipinski definition) is 1. The lowest BCUT2D eigenvalue weighted by molar-refractivity contribution is -0.151. The van der Waals surface area contributed by atoms with Crippen molar-refractivity contribution in [2.24, 2.45) is 0 Å². The summed E-state index contributed by atoms with van der Waals surface area (Å²) in [6.07, 6.45) is 0.597. The molecular formula is C24H24F2N2O6. The van der Waals surface area contributed by atoms with Crippen LogP contribution in [0, 0.1) is 11.6 Å². The molecule has 0 saturated carbocycles. The van der Waals surface area contributed by atoms with Crippen molar-refractivity contribution in [3.63, 3.8) is 0 Å². The molecule has 34 heavy (non-hydrogen) atoms. The molecule has 10 heteroatoms. The number of ether oxygens (including phenoxy) is 3. The Morgan fingerprint density at radius 3 is 2.59 bits per heavy atom. The normalized spacial score (nSPS) is 21.9. The van der Waals surface area contributed by atoms with E-state index in [4.69, 9.17) is 14.2 Å². The molecule has 0 aliphatic carbocycles. The number of nitrogens with one attached hydrogen (secondary N) is 1.